The molecule has 1 aliphatic rings. The molecule has 66 valence electrons. The molecule has 0 aliphatic carbocycles. The van der Waals surface area contributed by atoms with E-state index in [9.17, 15) is 0 Å². The fourth-order valence-electron chi connectivity index (χ4n) is 2.34. The van der Waals surface area contributed by atoms with Crippen LogP contribution in [0, 0.1) is 11.3 Å². The van der Waals surface area contributed by atoms with Crippen molar-refractivity contribution in [3.05, 3.63) is 0 Å². The molecule has 1 heterocycles. The van der Waals surface area contributed by atoms with Crippen molar-refractivity contribution in [3.8, 4) is 0 Å². The monoisotopic (exact) mass is 156 g/mol. The zero-order valence-corrected chi connectivity index (χ0v) is 8.09. The van der Waals surface area contributed by atoms with E-state index in [1.54, 1.807) is 0 Å². The van der Waals surface area contributed by atoms with Crippen LogP contribution in [0.1, 0.15) is 20.8 Å². The maximum atomic E-state index is 5.91. The standard InChI is InChI=1S/C9H20N2/c1-7(10)8-5-11(4)6-9(8,2)3/h7-8H,5-6,10H2,1-4H3. The minimum Gasteiger partial charge on any atom is -0.328 e. The van der Waals surface area contributed by atoms with Crippen molar-refractivity contribution in [2.45, 2.75) is 26.8 Å². The molecule has 2 unspecified atom stereocenters. The van der Waals surface area contributed by atoms with Gasteiger partial charge in [0.05, 0.1) is 0 Å². The van der Waals surface area contributed by atoms with Crippen LogP contribution in [0.2, 0.25) is 0 Å². The van der Waals surface area contributed by atoms with E-state index in [2.05, 4.69) is 32.7 Å². The van der Waals surface area contributed by atoms with Crippen LogP contribution in [0.3, 0.4) is 0 Å². The van der Waals surface area contributed by atoms with Gasteiger partial charge in [-0.2, -0.15) is 0 Å². The Bertz CT molecular complexity index is 140. The summed E-state index contributed by atoms with van der Waals surface area (Å²) in [7, 11) is 2.17. The molecule has 1 aliphatic heterocycles. The molecule has 1 fully saturated rings. The first-order valence-corrected chi connectivity index (χ1v) is 4.37. The number of rotatable bonds is 1. The molecule has 0 radical (unpaired) electrons. The Hall–Kier alpha value is -0.0800. The molecule has 2 heteroatoms. The summed E-state index contributed by atoms with van der Waals surface area (Å²) in [5.41, 5.74) is 6.31. The number of nitrogens with zero attached hydrogens (tertiary/aromatic N) is 1. The molecule has 2 atom stereocenters. The molecule has 2 N–H and O–H groups in total. The van der Waals surface area contributed by atoms with Gasteiger partial charge in [-0.25, -0.2) is 0 Å². The molecule has 1 saturated heterocycles. The van der Waals surface area contributed by atoms with Crippen molar-refractivity contribution < 1.29 is 0 Å². The Labute approximate surface area is 69.8 Å². The second kappa shape index (κ2) is 2.76. The average Bonchev–Trinajstić information content (AvgIpc) is 2.04. The van der Waals surface area contributed by atoms with Gasteiger partial charge in [-0.05, 0) is 25.3 Å². The first kappa shape index (κ1) is 9.01. The summed E-state index contributed by atoms with van der Waals surface area (Å²) < 4.78 is 0. The fourth-order valence-corrected chi connectivity index (χ4v) is 2.34. The van der Waals surface area contributed by atoms with Crippen molar-refractivity contribution in [2.24, 2.45) is 17.1 Å². The van der Waals surface area contributed by atoms with Gasteiger partial charge >= 0.3 is 0 Å². The largest absolute Gasteiger partial charge is 0.328 e. The van der Waals surface area contributed by atoms with Gasteiger partial charge in [0, 0.05) is 19.1 Å². The van der Waals surface area contributed by atoms with E-state index in [1.807, 2.05) is 0 Å². The predicted octanol–water partition coefficient (Wildman–Crippen LogP) is 0.921. The van der Waals surface area contributed by atoms with Crippen molar-refractivity contribution >= 4 is 0 Å². The molecule has 0 aromatic carbocycles. The average molecular weight is 156 g/mol. The third kappa shape index (κ3) is 1.74. The molecule has 11 heavy (non-hydrogen) atoms. The van der Waals surface area contributed by atoms with Crippen molar-refractivity contribution in [2.75, 3.05) is 20.1 Å². The van der Waals surface area contributed by atoms with Crippen LogP contribution in [-0.4, -0.2) is 31.1 Å². The van der Waals surface area contributed by atoms with Crippen molar-refractivity contribution in [1.29, 1.82) is 0 Å². The zero-order chi connectivity index (χ0) is 8.65. The second-order valence-electron chi connectivity index (χ2n) is 4.65. The minimum atomic E-state index is 0.329. The topological polar surface area (TPSA) is 29.3 Å². The molecule has 2 nitrogen and oxygen atoms in total. The lowest BCUT2D eigenvalue weighted by molar-refractivity contribution is 0.253. The van der Waals surface area contributed by atoms with Gasteiger partial charge in [0.15, 0.2) is 0 Å². The van der Waals surface area contributed by atoms with Crippen molar-refractivity contribution in [3.63, 3.8) is 0 Å². The van der Waals surface area contributed by atoms with Gasteiger partial charge in [0.2, 0.25) is 0 Å². The Morgan fingerprint density at radius 2 is 2.09 bits per heavy atom. The number of hydrogen-bond acceptors (Lipinski definition) is 2. The zero-order valence-electron chi connectivity index (χ0n) is 8.09. The van der Waals surface area contributed by atoms with E-state index in [-0.39, 0.29) is 0 Å². The van der Waals surface area contributed by atoms with E-state index in [0.717, 1.165) is 6.54 Å². The summed E-state index contributed by atoms with van der Waals surface area (Å²) in [5.74, 6) is 0.660. The molecular formula is C9H20N2. The third-order valence-electron chi connectivity index (χ3n) is 2.82. The van der Waals surface area contributed by atoms with Crippen LogP contribution >= 0.6 is 0 Å². The van der Waals surface area contributed by atoms with Crippen LogP contribution in [0.15, 0.2) is 0 Å². The number of likely N-dealkylation sites (tertiary alicyclic amines) is 1. The molecule has 0 aromatic heterocycles. The highest BCUT2D eigenvalue weighted by atomic mass is 15.1. The second-order valence-corrected chi connectivity index (χ2v) is 4.65. The summed E-state index contributed by atoms with van der Waals surface area (Å²) >= 11 is 0. The van der Waals surface area contributed by atoms with Crippen molar-refractivity contribution in [1.82, 2.24) is 4.90 Å². The third-order valence-corrected chi connectivity index (χ3v) is 2.82. The highest BCUT2D eigenvalue weighted by Crippen LogP contribution is 2.35. The van der Waals surface area contributed by atoms with Gasteiger partial charge < -0.3 is 10.6 Å². The predicted molar refractivity (Wildman–Crippen MR) is 48.4 cm³/mol. The van der Waals surface area contributed by atoms with Gasteiger partial charge in [-0.15, -0.1) is 0 Å². The lowest BCUT2D eigenvalue weighted by Gasteiger charge is -2.28. The molecule has 1 rings (SSSR count). The lowest BCUT2D eigenvalue weighted by Crippen LogP contribution is -2.36. The summed E-state index contributed by atoms with van der Waals surface area (Å²) in [4.78, 5) is 2.37. The molecule has 0 spiro atoms. The van der Waals surface area contributed by atoms with E-state index in [0.29, 0.717) is 17.4 Å². The Morgan fingerprint density at radius 1 is 1.55 bits per heavy atom. The maximum Gasteiger partial charge on any atom is 0.00565 e. The first-order valence-electron chi connectivity index (χ1n) is 4.37. The Balaban J connectivity index is 2.66. The highest BCUT2D eigenvalue weighted by molar-refractivity contribution is 4.92. The molecule has 0 bridgehead atoms. The highest BCUT2D eigenvalue weighted by Gasteiger charge is 2.39. The van der Waals surface area contributed by atoms with Crippen LogP contribution in [0.4, 0.5) is 0 Å². The van der Waals surface area contributed by atoms with E-state index in [4.69, 9.17) is 5.73 Å². The van der Waals surface area contributed by atoms with Gasteiger partial charge in [-0.3, -0.25) is 0 Å². The van der Waals surface area contributed by atoms with E-state index >= 15 is 0 Å². The van der Waals surface area contributed by atoms with E-state index in [1.165, 1.54) is 6.54 Å². The summed E-state index contributed by atoms with van der Waals surface area (Å²) in [6.45, 7) is 9.07. The number of hydrogen-bond donors (Lipinski definition) is 1. The molecule has 0 aromatic rings. The first-order chi connectivity index (χ1) is 4.93. The van der Waals surface area contributed by atoms with Gasteiger partial charge in [-0.1, -0.05) is 13.8 Å². The Kier molecular flexibility index (Phi) is 2.26. The quantitative estimate of drug-likeness (QED) is 0.612. The van der Waals surface area contributed by atoms with Gasteiger partial charge in [0.25, 0.3) is 0 Å². The SMILES string of the molecule is CC(N)C1CN(C)CC1(C)C. The number of nitrogens with two attached hydrogens (primary N) is 1. The lowest BCUT2D eigenvalue weighted by atomic mass is 9.78. The molecular weight excluding hydrogens is 136 g/mol. The van der Waals surface area contributed by atoms with Crippen LogP contribution in [-0.2, 0) is 0 Å². The summed E-state index contributed by atoms with van der Waals surface area (Å²) in [5, 5.41) is 0. The van der Waals surface area contributed by atoms with Gasteiger partial charge in [0.1, 0.15) is 0 Å². The smallest absolute Gasteiger partial charge is 0.00565 e. The van der Waals surface area contributed by atoms with Crippen LogP contribution < -0.4 is 5.73 Å². The molecule has 0 amide bonds. The minimum absolute atomic E-state index is 0.329. The van der Waals surface area contributed by atoms with Crippen LogP contribution in [0.25, 0.3) is 0 Å². The van der Waals surface area contributed by atoms with Crippen LogP contribution in [0.5, 0.6) is 0 Å². The fraction of sp³-hybridized carbons (Fsp3) is 1.00. The summed E-state index contributed by atoms with van der Waals surface area (Å²) in [6, 6.07) is 0.329. The summed E-state index contributed by atoms with van der Waals surface area (Å²) in [6.07, 6.45) is 0. The Morgan fingerprint density at radius 3 is 2.27 bits per heavy atom. The molecule has 0 saturated carbocycles. The normalized spacial score (nSPS) is 34.1. The van der Waals surface area contributed by atoms with E-state index < -0.39 is 0 Å². The maximum absolute atomic E-state index is 5.91.